The Morgan fingerprint density at radius 2 is 1.86 bits per heavy atom. The van der Waals surface area contributed by atoms with Gasteiger partial charge in [0, 0.05) is 6.42 Å². The maximum absolute atomic E-state index is 8.76. The molecule has 0 fully saturated rings. The van der Waals surface area contributed by atoms with Crippen LogP contribution in [-0.2, 0) is 6.42 Å². The van der Waals surface area contributed by atoms with Gasteiger partial charge in [-0.05, 0) is 29.8 Å². The van der Waals surface area contributed by atoms with Crippen molar-refractivity contribution in [3.63, 3.8) is 0 Å². The second-order valence-electron chi connectivity index (χ2n) is 4.43. The fourth-order valence-electron chi connectivity index (χ4n) is 1.93. The Morgan fingerprint density at radius 1 is 1.14 bits per heavy atom. The van der Waals surface area contributed by atoms with Crippen molar-refractivity contribution in [3.8, 4) is 11.5 Å². The first kappa shape index (κ1) is 14.7. The van der Waals surface area contributed by atoms with Crippen molar-refractivity contribution in [3.05, 3.63) is 59.7 Å². The molecule has 0 aliphatic heterocycles. The molecule has 2 rings (SSSR count). The molecule has 110 valence electrons. The maximum atomic E-state index is 8.76. The van der Waals surface area contributed by atoms with Crippen LogP contribution in [0, 0.1) is 0 Å². The number of benzene rings is 2. The summed E-state index contributed by atoms with van der Waals surface area (Å²) >= 11 is 0. The predicted molar refractivity (Wildman–Crippen MR) is 81.1 cm³/mol. The minimum absolute atomic E-state index is 0.0371. The second kappa shape index (κ2) is 7.19. The SMILES string of the molecule is COc1ccc(CCOc2ccccc2C(N)=NO)cc1. The Labute approximate surface area is 123 Å². The van der Waals surface area contributed by atoms with E-state index in [9.17, 15) is 0 Å². The van der Waals surface area contributed by atoms with Crippen LogP contribution in [0.25, 0.3) is 0 Å². The van der Waals surface area contributed by atoms with Crippen molar-refractivity contribution in [2.75, 3.05) is 13.7 Å². The normalized spacial score (nSPS) is 11.2. The first-order chi connectivity index (χ1) is 10.2. The summed E-state index contributed by atoms with van der Waals surface area (Å²) in [6.45, 7) is 0.502. The van der Waals surface area contributed by atoms with Gasteiger partial charge in [0.15, 0.2) is 5.84 Å². The van der Waals surface area contributed by atoms with E-state index in [1.54, 1.807) is 19.2 Å². The minimum atomic E-state index is 0.0371. The molecule has 0 aliphatic carbocycles. The molecule has 0 aromatic heterocycles. The van der Waals surface area contributed by atoms with Crippen LogP contribution in [0.3, 0.4) is 0 Å². The van der Waals surface area contributed by atoms with E-state index in [0.717, 1.165) is 17.7 Å². The van der Waals surface area contributed by atoms with Crippen molar-refractivity contribution in [2.24, 2.45) is 10.9 Å². The first-order valence-electron chi connectivity index (χ1n) is 6.57. The molecule has 0 radical (unpaired) electrons. The lowest BCUT2D eigenvalue weighted by Crippen LogP contribution is -2.15. The molecule has 0 saturated carbocycles. The van der Waals surface area contributed by atoms with Gasteiger partial charge >= 0.3 is 0 Å². The molecule has 2 aromatic carbocycles. The number of nitrogens with two attached hydrogens (primary N) is 1. The van der Waals surface area contributed by atoms with Crippen LogP contribution in [0.2, 0.25) is 0 Å². The number of ether oxygens (including phenoxy) is 2. The highest BCUT2D eigenvalue weighted by atomic mass is 16.5. The summed E-state index contributed by atoms with van der Waals surface area (Å²) in [5.74, 6) is 1.47. The van der Waals surface area contributed by atoms with Crippen LogP contribution in [0.4, 0.5) is 0 Å². The van der Waals surface area contributed by atoms with Gasteiger partial charge in [-0.25, -0.2) is 0 Å². The van der Waals surface area contributed by atoms with Crippen molar-refractivity contribution < 1.29 is 14.7 Å². The highest BCUT2D eigenvalue weighted by Gasteiger charge is 2.07. The summed E-state index contributed by atoms with van der Waals surface area (Å²) in [7, 11) is 1.64. The molecule has 0 saturated heterocycles. The van der Waals surface area contributed by atoms with Gasteiger partial charge in [0.05, 0.1) is 19.3 Å². The van der Waals surface area contributed by atoms with Gasteiger partial charge in [0.1, 0.15) is 11.5 Å². The van der Waals surface area contributed by atoms with Gasteiger partial charge < -0.3 is 20.4 Å². The van der Waals surface area contributed by atoms with Crippen LogP contribution >= 0.6 is 0 Å². The Hall–Kier alpha value is -2.69. The lowest BCUT2D eigenvalue weighted by atomic mass is 10.1. The molecule has 21 heavy (non-hydrogen) atoms. The Balaban J connectivity index is 1.97. The minimum Gasteiger partial charge on any atom is -0.497 e. The van der Waals surface area contributed by atoms with Crippen LogP contribution < -0.4 is 15.2 Å². The number of hydrogen-bond acceptors (Lipinski definition) is 4. The number of rotatable bonds is 6. The molecular weight excluding hydrogens is 268 g/mol. The summed E-state index contributed by atoms with van der Waals surface area (Å²) in [5, 5.41) is 11.8. The molecule has 5 nitrogen and oxygen atoms in total. The Kier molecular flexibility index (Phi) is 5.04. The molecular formula is C16H18N2O3. The predicted octanol–water partition coefficient (Wildman–Crippen LogP) is 2.41. The highest BCUT2D eigenvalue weighted by Crippen LogP contribution is 2.18. The van der Waals surface area contributed by atoms with E-state index in [2.05, 4.69) is 5.16 Å². The zero-order chi connectivity index (χ0) is 15.1. The van der Waals surface area contributed by atoms with E-state index in [0.29, 0.717) is 17.9 Å². The number of methoxy groups -OCH3 is 1. The van der Waals surface area contributed by atoms with Crippen molar-refractivity contribution in [2.45, 2.75) is 6.42 Å². The van der Waals surface area contributed by atoms with Crippen LogP contribution in [-0.4, -0.2) is 24.8 Å². The van der Waals surface area contributed by atoms with Crippen LogP contribution in [0.5, 0.6) is 11.5 Å². The summed E-state index contributed by atoms with van der Waals surface area (Å²) < 4.78 is 10.8. The van der Waals surface area contributed by atoms with E-state index in [4.69, 9.17) is 20.4 Å². The summed E-state index contributed by atoms with van der Waals surface area (Å²) in [6.07, 6.45) is 0.758. The third-order valence-electron chi connectivity index (χ3n) is 3.08. The van der Waals surface area contributed by atoms with Gasteiger partial charge in [0.25, 0.3) is 0 Å². The lowest BCUT2D eigenvalue weighted by Gasteiger charge is -2.10. The second-order valence-corrected chi connectivity index (χ2v) is 4.43. The van der Waals surface area contributed by atoms with Crippen molar-refractivity contribution in [1.29, 1.82) is 0 Å². The molecule has 0 aliphatic rings. The van der Waals surface area contributed by atoms with E-state index in [-0.39, 0.29) is 5.84 Å². The molecule has 5 heteroatoms. The fraction of sp³-hybridized carbons (Fsp3) is 0.188. The van der Waals surface area contributed by atoms with Crippen LogP contribution in [0.1, 0.15) is 11.1 Å². The largest absolute Gasteiger partial charge is 0.497 e. The zero-order valence-corrected chi connectivity index (χ0v) is 11.8. The Bertz CT molecular complexity index is 609. The van der Waals surface area contributed by atoms with Gasteiger partial charge in [-0.15, -0.1) is 0 Å². The van der Waals surface area contributed by atoms with Gasteiger partial charge in [0.2, 0.25) is 0 Å². The van der Waals surface area contributed by atoms with E-state index < -0.39 is 0 Å². The first-order valence-corrected chi connectivity index (χ1v) is 6.57. The Morgan fingerprint density at radius 3 is 2.52 bits per heavy atom. The summed E-state index contributed by atoms with van der Waals surface area (Å²) in [5.41, 5.74) is 7.34. The highest BCUT2D eigenvalue weighted by molar-refractivity contribution is 5.99. The molecule has 0 unspecified atom stereocenters. The molecule has 0 spiro atoms. The van der Waals surface area contributed by atoms with E-state index in [1.165, 1.54) is 0 Å². The number of nitrogens with zero attached hydrogens (tertiary/aromatic N) is 1. The van der Waals surface area contributed by atoms with Gasteiger partial charge in [-0.2, -0.15) is 0 Å². The number of oxime groups is 1. The number of hydrogen-bond donors (Lipinski definition) is 2. The lowest BCUT2D eigenvalue weighted by molar-refractivity contribution is 0.313. The number of amidine groups is 1. The van der Waals surface area contributed by atoms with Gasteiger partial charge in [-0.3, -0.25) is 0 Å². The third-order valence-corrected chi connectivity index (χ3v) is 3.08. The summed E-state index contributed by atoms with van der Waals surface area (Å²) in [6, 6.07) is 15.0. The molecule has 3 N–H and O–H groups in total. The molecule has 0 atom stereocenters. The standard InChI is InChI=1S/C16H18N2O3/c1-20-13-8-6-12(7-9-13)10-11-21-15-5-3-2-4-14(15)16(17)18-19/h2-9,19H,10-11H2,1H3,(H2,17,18). The molecule has 0 heterocycles. The zero-order valence-electron chi connectivity index (χ0n) is 11.8. The smallest absolute Gasteiger partial charge is 0.173 e. The maximum Gasteiger partial charge on any atom is 0.173 e. The molecule has 2 aromatic rings. The number of para-hydroxylation sites is 1. The quantitative estimate of drug-likeness (QED) is 0.370. The topological polar surface area (TPSA) is 77.1 Å². The van der Waals surface area contributed by atoms with Crippen LogP contribution in [0.15, 0.2) is 53.7 Å². The average Bonchev–Trinajstić information content (AvgIpc) is 2.55. The fourth-order valence-corrected chi connectivity index (χ4v) is 1.93. The molecule has 0 amide bonds. The van der Waals surface area contributed by atoms with Crippen molar-refractivity contribution >= 4 is 5.84 Å². The van der Waals surface area contributed by atoms with Crippen molar-refractivity contribution in [1.82, 2.24) is 0 Å². The third kappa shape index (κ3) is 3.89. The summed E-state index contributed by atoms with van der Waals surface area (Å²) in [4.78, 5) is 0. The van der Waals surface area contributed by atoms with Gasteiger partial charge in [-0.1, -0.05) is 29.4 Å². The van der Waals surface area contributed by atoms with E-state index in [1.807, 2.05) is 36.4 Å². The molecule has 0 bridgehead atoms. The monoisotopic (exact) mass is 286 g/mol. The average molecular weight is 286 g/mol. The van der Waals surface area contributed by atoms with E-state index >= 15 is 0 Å².